The van der Waals surface area contributed by atoms with Crippen LogP contribution in [0, 0.1) is 5.92 Å². The molecule has 1 fully saturated rings. The highest BCUT2D eigenvalue weighted by Crippen LogP contribution is 2.17. The molecule has 0 aliphatic carbocycles. The molecule has 1 aliphatic heterocycles. The minimum absolute atomic E-state index is 0.482. The first-order valence-corrected chi connectivity index (χ1v) is 6.42. The monoisotopic (exact) mass is 243 g/mol. The highest BCUT2D eigenvalue weighted by atomic mass is 16.4. The summed E-state index contributed by atoms with van der Waals surface area (Å²) in [5, 5.41) is 14.8. The Morgan fingerprint density at radius 2 is 2.35 bits per heavy atom. The van der Waals surface area contributed by atoms with Crippen molar-refractivity contribution in [3.63, 3.8) is 0 Å². The molecule has 0 aromatic heterocycles. The molecule has 0 aromatic rings. The van der Waals surface area contributed by atoms with E-state index in [1.807, 2.05) is 0 Å². The van der Waals surface area contributed by atoms with E-state index < -0.39 is 12.0 Å². The average Bonchev–Trinajstić information content (AvgIpc) is 2.28. The van der Waals surface area contributed by atoms with Crippen molar-refractivity contribution in [1.82, 2.24) is 15.5 Å². The van der Waals surface area contributed by atoms with Crippen LogP contribution in [0.1, 0.15) is 19.3 Å². The van der Waals surface area contributed by atoms with E-state index in [-0.39, 0.29) is 0 Å². The van der Waals surface area contributed by atoms with E-state index in [4.69, 9.17) is 5.11 Å². The first-order valence-electron chi connectivity index (χ1n) is 6.42. The van der Waals surface area contributed by atoms with E-state index in [2.05, 4.69) is 22.6 Å². The summed E-state index contributed by atoms with van der Waals surface area (Å²) in [7, 11) is 3.84. The largest absolute Gasteiger partial charge is 0.480 e. The van der Waals surface area contributed by atoms with Crippen LogP contribution in [0.4, 0.5) is 0 Å². The van der Waals surface area contributed by atoms with Crippen LogP contribution in [-0.4, -0.2) is 62.3 Å². The number of carboxylic acid groups (broad SMARTS) is 1. The lowest BCUT2D eigenvalue weighted by Gasteiger charge is -2.29. The lowest BCUT2D eigenvalue weighted by atomic mass is 9.95. The Hall–Kier alpha value is -0.650. The van der Waals surface area contributed by atoms with Gasteiger partial charge in [0, 0.05) is 13.1 Å². The molecule has 5 nitrogen and oxygen atoms in total. The van der Waals surface area contributed by atoms with E-state index in [0.29, 0.717) is 6.54 Å². The lowest BCUT2D eigenvalue weighted by molar-refractivity contribution is -0.139. The number of rotatable bonds is 7. The number of carboxylic acids is 1. The maximum absolute atomic E-state index is 10.8. The second kappa shape index (κ2) is 7.63. The van der Waals surface area contributed by atoms with E-state index in [0.717, 1.165) is 18.9 Å². The van der Waals surface area contributed by atoms with Crippen molar-refractivity contribution in [3.8, 4) is 0 Å². The first-order chi connectivity index (χ1) is 8.13. The smallest absolute Gasteiger partial charge is 0.322 e. The quantitative estimate of drug-likeness (QED) is 0.549. The number of carbonyl (C=O) groups is 1. The van der Waals surface area contributed by atoms with Gasteiger partial charge in [-0.2, -0.15) is 0 Å². The molecule has 3 N–H and O–H groups in total. The van der Waals surface area contributed by atoms with Crippen LogP contribution in [0.15, 0.2) is 0 Å². The second-order valence-electron chi connectivity index (χ2n) is 4.94. The Labute approximate surface area is 104 Å². The normalized spacial score (nSPS) is 23.5. The standard InChI is InChI=1S/C12H25N3O2/c1-13-11(12(16)17)8-14-6-5-10-4-3-7-15(2)9-10/h10-11,13-14H,3-9H2,1-2H3,(H,16,17). The van der Waals surface area contributed by atoms with Gasteiger partial charge >= 0.3 is 5.97 Å². The van der Waals surface area contributed by atoms with Crippen molar-refractivity contribution >= 4 is 5.97 Å². The minimum Gasteiger partial charge on any atom is -0.480 e. The number of nitrogens with one attached hydrogen (secondary N) is 2. The molecule has 0 saturated carbocycles. The van der Waals surface area contributed by atoms with Gasteiger partial charge in [-0.15, -0.1) is 0 Å². The van der Waals surface area contributed by atoms with Gasteiger partial charge in [-0.3, -0.25) is 4.79 Å². The molecule has 1 heterocycles. The second-order valence-corrected chi connectivity index (χ2v) is 4.94. The summed E-state index contributed by atoms with van der Waals surface area (Å²) in [4.78, 5) is 13.1. The SMILES string of the molecule is CNC(CNCCC1CCCN(C)C1)C(=O)O. The van der Waals surface area contributed by atoms with Gasteiger partial charge in [-0.25, -0.2) is 0 Å². The number of hydrogen-bond acceptors (Lipinski definition) is 4. The molecule has 0 aromatic carbocycles. The van der Waals surface area contributed by atoms with Crippen LogP contribution < -0.4 is 10.6 Å². The molecular formula is C12H25N3O2. The zero-order valence-electron chi connectivity index (χ0n) is 10.9. The molecule has 0 spiro atoms. The highest BCUT2D eigenvalue weighted by molar-refractivity contribution is 5.73. The van der Waals surface area contributed by atoms with Crippen LogP contribution in [-0.2, 0) is 4.79 Å². The molecule has 1 rings (SSSR count). The third kappa shape index (κ3) is 5.48. The summed E-state index contributed by atoms with van der Waals surface area (Å²) < 4.78 is 0. The van der Waals surface area contributed by atoms with Gasteiger partial charge in [0.25, 0.3) is 0 Å². The molecule has 0 bridgehead atoms. The van der Waals surface area contributed by atoms with Crippen molar-refractivity contribution in [2.45, 2.75) is 25.3 Å². The number of aliphatic carboxylic acids is 1. The van der Waals surface area contributed by atoms with Crippen molar-refractivity contribution in [1.29, 1.82) is 0 Å². The molecule has 2 unspecified atom stereocenters. The third-order valence-electron chi connectivity index (χ3n) is 3.45. The fourth-order valence-electron chi connectivity index (χ4n) is 2.37. The lowest BCUT2D eigenvalue weighted by Crippen LogP contribution is -2.43. The van der Waals surface area contributed by atoms with Crippen LogP contribution in [0.25, 0.3) is 0 Å². The fraction of sp³-hybridized carbons (Fsp3) is 0.917. The van der Waals surface area contributed by atoms with Gasteiger partial charge in [0.1, 0.15) is 6.04 Å². The number of hydrogen-bond donors (Lipinski definition) is 3. The summed E-state index contributed by atoms with van der Waals surface area (Å²) in [6, 6.07) is -0.482. The zero-order chi connectivity index (χ0) is 12.7. The Balaban J connectivity index is 2.09. The van der Waals surface area contributed by atoms with Crippen LogP contribution in [0.3, 0.4) is 0 Å². The van der Waals surface area contributed by atoms with Crippen LogP contribution >= 0.6 is 0 Å². The van der Waals surface area contributed by atoms with E-state index in [9.17, 15) is 4.79 Å². The maximum Gasteiger partial charge on any atom is 0.322 e. The van der Waals surface area contributed by atoms with Crippen LogP contribution in [0.2, 0.25) is 0 Å². The predicted octanol–water partition coefficient (Wildman–Crippen LogP) is -0.0195. The summed E-state index contributed by atoms with van der Waals surface area (Å²) in [6.07, 6.45) is 3.73. The molecule has 17 heavy (non-hydrogen) atoms. The highest BCUT2D eigenvalue weighted by Gasteiger charge is 2.17. The Morgan fingerprint density at radius 3 is 2.94 bits per heavy atom. The van der Waals surface area contributed by atoms with Crippen molar-refractivity contribution < 1.29 is 9.90 Å². The fourth-order valence-corrected chi connectivity index (χ4v) is 2.37. The van der Waals surface area contributed by atoms with Gasteiger partial charge in [0.15, 0.2) is 0 Å². The maximum atomic E-state index is 10.8. The van der Waals surface area contributed by atoms with Gasteiger partial charge in [-0.1, -0.05) is 0 Å². The van der Waals surface area contributed by atoms with Crippen LogP contribution in [0.5, 0.6) is 0 Å². The molecule has 1 saturated heterocycles. The number of likely N-dealkylation sites (tertiary alicyclic amines) is 1. The molecule has 1 aliphatic rings. The number of piperidine rings is 1. The summed E-state index contributed by atoms with van der Waals surface area (Å²) in [5.41, 5.74) is 0. The molecule has 0 amide bonds. The molecule has 2 atom stereocenters. The van der Waals surface area contributed by atoms with Gasteiger partial charge < -0.3 is 20.6 Å². The molecular weight excluding hydrogens is 218 g/mol. The third-order valence-corrected chi connectivity index (χ3v) is 3.45. The first kappa shape index (κ1) is 14.4. The van der Waals surface area contributed by atoms with Gasteiger partial charge in [-0.05, 0) is 52.4 Å². The molecule has 0 radical (unpaired) electrons. The Morgan fingerprint density at radius 1 is 1.59 bits per heavy atom. The molecule has 5 heteroatoms. The van der Waals surface area contributed by atoms with Crippen molar-refractivity contribution in [2.24, 2.45) is 5.92 Å². The minimum atomic E-state index is -0.794. The Kier molecular flexibility index (Phi) is 6.47. The Bertz CT molecular complexity index is 236. The number of likely N-dealkylation sites (N-methyl/N-ethyl adjacent to an activating group) is 1. The molecule has 100 valence electrons. The predicted molar refractivity (Wildman–Crippen MR) is 68.2 cm³/mol. The van der Waals surface area contributed by atoms with E-state index in [1.165, 1.54) is 25.9 Å². The summed E-state index contributed by atoms with van der Waals surface area (Å²) >= 11 is 0. The zero-order valence-corrected chi connectivity index (χ0v) is 10.9. The van der Waals surface area contributed by atoms with Crippen molar-refractivity contribution in [3.05, 3.63) is 0 Å². The average molecular weight is 243 g/mol. The van der Waals surface area contributed by atoms with Gasteiger partial charge in [0.05, 0.1) is 0 Å². The summed E-state index contributed by atoms with van der Waals surface area (Å²) in [6.45, 7) is 3.79. The van der Waals surface area contributed by atoms with E-state index >= 15 is 0 Å². The number of nitrogens with zero attached hydrogens (tertiary/aromatic N) is 1. The van der Waals surface area contributed by atoms with E-state index in [1.54, 1.807) is 7.05 Å². The topological polar surface area (TPSA) is 64.6 Å². The van der Waals surface area contributed by atoms with Crippen molar-refractivity contribution in [2.75, 3.05) is 40.3 Å². The van der Waals surface area contributed by atoms with Gasteiger partial charge in [0.2, 0.25) is 0 Å². The summed E-state index contributed by atoms with van der Waals surface area (Å²) in [5.74, 6) is -0.0310.